The van der Waals surface area contributed by atoms with Gasteiger partial charge < -0.3 is 19.9 Å². The van der Waals surface area contributed by atoms with Gasteiger partial charge in [-0.25, -0.2) is 4.79 Å². The standard InChI is InChI=1S/C30H27ClN2O5/c1-4-7-23-14-21(15-24(17-32)29(34)33-26-9-6-8-25(31)19(26)3)16-27(37-5-2)28(23)38-18-20-10-12-22(13-11-20)30(35)36/h4,6,8-16H,1,5,7,18H2,2-3H3,(H,33,34)(H,35,36)/b24-15+. The van der Waals surface area contributed by atoms with Crippen LogP contribution in [0, 0.1) is 18.3 Å². The van der Waals surface area contributed by atoms with Crippen LogP contribution in [0.5, 0.6) is 11.5 Å². The van der Waals surface area contributed by atoms with Crippen LogP contribution in [0.4, 0.5) is 5.69 Å². The van der Waals surface area contributed by atoms with Crippen molar-refractivity contribution >= 4 is 35.2 Å². The number of benzene rings is 3. The van der Waals surface area contributed by atoms with E-state index >= 15 is 0 Å². The summed E-state index contributed by atoms with van der Waals surface area (Å²) in [7, 11) is 0. The largest absolute Gasteiger partial charge is 0.490 e. The number of nitrogens with zero attached hydrogens (tertiary/aromatic N) is 1. The number of carboxylic acids is 1. The van der Waals surface area contributed by atoms with Crippen LogP contribution in [0.2, 0.25) is 5.02 Å². The Kier molecular flexibility index (Phi) is 9.69. The molecule has 2 N–H and O–H groups in total. The third-order valence-corrected chi connectivity index (χ3v) is 6.00. The number of carboxylic acid groups (broad SMARTS) is 1. The number of ether oxygens (including phenoxy) is 2. The van der Waals surface area contributed by atoms with Crippen molar-refractivity contribution in [1.82, 2.24) is 0 Å². The van der Waals surface area contributed by atoms with Gasteiger partial charge in [0.15, 0.2) is 11.5 Å². The second-order valence-corrected chi connectivity index (χ2v) is 8.67. The van der Waals surface area contributed by atoms with Gasteiger partial charge in [0.1, 0.15) is 18.2 Å². The lowest BCUT2D eigenvalue weighted by Gasteiger charge is -2.17. The van der Waals surface area contributed by atoms with Crippen LogP contribution < -0.4 is 14.8 Å². The molecule has 194 valence electrons. The SMILES string of the molecule is C=CCc1cc(/C=C(\C#N)C(=O)Nc2cccc(Cl)c2C)cc(OCC)c1OCc1ccc(C(=O)O)cc1. The van der Waals surface area contributed by atoms with Gasteiger partial charge in [-0.15, -0.1) is 6.58 Å². The van der Waals surface area contributed by atoms with Gasteiger partial charge in [0.05, 0.1) is 12.2 Å². The van der Waals surface area contributed by atoms with Crippen molar-refractivity contribution in [2.45, 2.75) is 26.9 Å². The second-order valence-electron chi connectivity index (χ2n) is 8.26. The fourth-order valence-electron chi connectivity index (χ4n) is 3.65. The molecule has 0 aromatic heterocycles. The van der Waals surface area contributed by atoms with Gasteiger partial charge in [0.2, 0.25) is 0 Å². The third kappa shape index (κ3) is 7.02. The van der Waals surface area contributed by atoms with E-state index in [1.165, 1.54) is 18.2 Å². The molecule has 3 rings (SSSR count). The summed E-state index contributed by atoms with van der Waals surface area (Å²) in [5.41, 5.74) is 3.43. The predicted molar refractivity (Wildman–Crippen MR) is 148 cm³/mol. The molecule has 0 aliphatic heterocycles. The zero-order valence-corrected chi connectivity index (χ0v) is 21.8. The molecule has 0 fully saturated rings. The summed E-state index contributed by atoms with van der Waals surface area (Å²) < 4.78 is 11.9. The third-order valence-electron chi connectivity index (χ3n) is 5.59. The quantitative estimate of drug-likeness (QED) is 0.164. The summed E-state index contributed by atoms with van der Waals surface area (Å²) in [5.74, 6) is -0.611. The van der Waals surface area contributed by atoms with E-state index < -0.39 is 11.9 Å². The van der Waals surface area contributed by atoms with E-state index in [1.807, 2.05) is 19.1 Å². The molecule has 0 atom stereocenters. The highest BCUT2D eigenvalue weighted by Crippen LogP contribution is 2.35. The Balaban J connectivity index is 1.92. The molecule has 0 spiro atoms. The van der Waals surface area contributed by atoms with Gasteiger partial charge in [0.25, 0.3) is 5.91 Å². The fraction of sp³-hybridized carbons (Fsp3) is 0.167. The smallest absolute Gasteiger partial charge is 0.335 e. The van der Waals surface area contributed by atoms with E-state index in [-0.39, 0.29) is 17.7 Å². The molecule has 0 radical (unpaired) electrons. The molecule has 1 amide bonds. The molecule has 0 heterocycles. The van der Waals surface area contributed by atoms with Crippen LogP contribution >= 0.6 is 11.6 Å². The Labute approximate surface area is 226 Å². The van der Waals surface area contributed by atoms with Gasteiger partial charge in [-0.2, -0.15) is 5.26 Å². The molecule has 0 aliphatic carbocycles. The lowest BCUT2D eigenvalue weighted by atomic mass is 10.0. The Bertz CT molecular complexity index is 1420. The minimum atomic E-state index is -0.999. The number of hydrogen-bond acceptors (Lipinski definition) is 5. The molecule has 0 saturated heterocycles. The number of amides is 1. The molecule has 0 bridgehead atoms. The number of rotatable bonds is 11. The van der Waals surface area contributed by atoms with Crippen molar-refractivity contribution in [3.05, 3.63) is 106 Å². The molecule has 0 saturated carbocycles. The zero-order chi connectivity index (χ0) is 27.7. The lowest BCUT2D eigenvalue weighted by Crippen LogP contribution is -2.14. The van der Waals surface area contributed by atoms with Crippen molar-refractivity contribution < 1.29 is 24.2 Å². The van der Waals surface area contributed by atoms with Crippen LogP contribution in [0.3, 0.4) is 0 Å². The summed E-state index contributed by atoms with van der Waals surface area (Å²) in [5, 5.41) is 22.1. The van der Waals surface area contributed by atoms with E-state index in [4.69, 9.17) is 26.2 Å². The normalized spacial score (nSPS) is 10.8. The van der Waals surface area contributed by atoms with E-state index in [2.05, 4.69) is 11.9 Å². The Morgan fingerprint density at radius 3 is 2.53 bits per heavy atom. The molecule has 8 heteroatoms. The molecule has 7 nitrogen and oxygen atoms in total. The van der Waals surface area contributed by atoms with Gasteiger partial charge in [-0.3, -0.25) is 4.79 Å². The number of allylic oxidation sites excluding steroid dienone is 1. The zero-order valence-electron chi connectivity index (χ0n) is 21.1. The summed E-state index contributed by atoms with van der Waals surface area (Å²) in [6.45, 7) is 7.99. The Morgan fingerprint density at radius 1 is 1.16 bits per heavy atom. The lowest BCUT2D eigenvalue weighted by molar-refractivity contribution is -0.112. The predicted octanol–water partition coefficient (Wildman–Crippen LogP) is 6.60. The minimum Gasteiger partial charge on any atom is -0.490 e. The molecular formula is C30H27ClN2O5. The highest BCUT2D eigenvalue weighted by molar-refractivity contribution is 6.31. The van der Waals surface area contributed by atoms with Crippen LogP contribution in [-0.4, -0.2) is 23.6 Å². The molecule has 38 heavy (non-hydrogen) atoms. The first-order chi connectivity index (χ1) is 18.3. The van der Waals surface area contributed by atoms with Crippen LogP contribution in [-0.2, 0) is 17.8 Å². The van der Waals surface area contributed by atoms with Crippen molar-refractivity contribution in [2.75, 3.05) is 11.9 Å². The maximum Gasteiger partial charge on any atom is 0.335 e. The van der Waals surface area contributed by atoms with Crippen molar-refractivity contribution in [2.24, 2.45) is 0 Å². The summed E-state index contributed by atoms with van der Waals surface area (Å²) in [6.07, 6.45) is 3.65. The minimum absolute atomic E-state index is 0.0939. The maximum absolute atomic E-state index is 12.9. The highest BCUT2D eigenvalue weighted by Gasteiger charge is 2.16. The van der Waals surface area contributed by atoms with Crippen molar-refractivity contribution in [3.8, 4) is 17.6 Å². The average molecular weight is 531 g/mol. The number of anilines is 1. The molecule has 3 aromatic carbocycles. The summed E-state index contributed by atoms with van der Waals surface area (Å²) >= 11 is 6.15. The second kappa shape index (κ2) is 13.1. The summed E-state index contributed by atoms with van der Waals surface area (Å²) in [6, 6.07) is 17.0. The molecule has 3 aromatic rings. The van der Waals surface area contributed by atoms with E-state index in [1.54, 1.807) is 49.4 Å². The van der Waals surface area contributed by atoms with Gasteiger partial charge in [0, 0.05) is 16.3 Å². The number of nitrogens with one attached hydrogen (secondary N) is 1. The van der Waals surface area contributed by atoms with Gasteiger partial charge in [-0.1, -0.05) is 35.9 Å². The Hall–Kier alpha value is -4.54. The Morgan fingerprint density at radius 2 is 1.89 bits per heavy atom. The number of halogens is 1. The average Bonchev–Trinajstić information content (AvgIpc) is 2.90. The highest BCUT2D eigenvalue weighted by atomic mass is 35.5. The van der Waals surface area contributed by atoms with Crippen LogP contribution in [0.25, 0.3) is 6.08 Å². The first-order valence-corrected chi connectivity index (χ1v) is 12.2. The van der Waals surface area contributed by atoms with E-state index in [0.717, 1.165) is 11.1 Å². The molecular weight excluding hydrogens is 504 g/mol. The first kappa shape index (κ1) is 28.0. The van der Waals surface area contributed by atoms with Crippen molar-refractivity contribution in [1.29, 1.82) is 5.26 Å². The van der Waals surface area contributed by atoms with E-state index in [0.29, 0.717) is 46.4 Å². The monoisotopic (exact) mass is 530 g/mol. The topological polar surface area (TPSA) is 109 Å². The number of aromatic carboxylic acids is 1. The summed E-state index contributed by atoms with van der Waals surface area (Å²) in [4.78, 5) is 24.0. The molecule has 0 aliphatic rings. The number of nitriles is 1. The number of hydrogen-bond donors (Lipinski definition) is 2. The maximum atomic E-state index is 12.9. The van der Waals surface area contributed by atoms with Gasteiger partial charge >= 0.3 is 5.97 Å². The first-order valence-electron chi connectivity index (χ1n) is 11.8. The number of carbonyl (C=O) groups is 2. The number of carbonyl (C=O) groups excluding carboxylic acids is 1. The van der Waals surface area contributed by atoms with Crippen LogP contribution in [0.1, 0.15) is 39.5 Å². The van der Waals surface area contributed by atoms with Gasteiger partial charge in [-0.05, 0) is 79.4 Å². The van der Waals surface area contributed by atoms with Crippen LogP contribution in [0.15, 0.2) is 72.8 Å². The van der Waals surface area contributed by atoms with Crippen molar-refractivity contribution in [3.63, 3.8) is 0 Å². The molecule has 0 unspecified atom stereocenters. The van der Waals surface area contributed by atoms with E-state index in [9.17, 15) is 14.9 Å². The fourth-order valence-corrected chi connectivity index (χ4v) is 3.82.